The van der Waals surface area contributed by atoms with Gasteiger partial charge in [-0.15, -0.1) is 0 Å². The second-order valence-electron chi connectivity index (χ2n) is 4.14. The Morgan fingerprint density at radius 2 is 2.16 bits per heavy atom. The Morgan fingerprint density at radius 1 is 1.32 bits per heavy atom. The van der Waals surface area contributed by atoms with Crippen LogP contribution in [0, 0.1) is 0 Å². The maximum Gasteiger partial charge on any atom is 0.243 e. The summed E-state index contributed by atoms with van der Waals surface area (Å²) in [7, 11) is 0. The van der Waals surface area contributed by atoms with Gasteiger partial charge in [0.05, 0.1) is 0 Å². The number of carbonyl (C=O) groups is 1. The molecule has 1 rings (SSSR count). The third-order valence-corrected chi connectivity index (χ3v) is 2.94. The molecule has 1 aromatic carbocycles. The van der Waals surface area contributed by atoms with Gasteiger partial charge < -0.3 is 4.74 Å². The van der Waals surface area contributed by atoms with Gasteiger partial charge in [0.25, 0.3) is 0 Å². The van der Waals surface area contributed by atoms with Gasteiger partial charge in [0.15, 0.2) is 0 Å². The number of hydroxylamine groups is 1. The molecule has 0 bridgehead atoms. The van der Waals surface area contributed by atoms with Crippen molar-refractivity contribution < 1.29 is 14.4 Å². The quantitative estimate of drug-likeness (QED) is 0.557. The van der Waals surface area contributed by atoms with Crippen LogP contribution < -0.4 is 10.2 Å². The average Bonchev–Trinajstić information content (AvgIpc) is 2.39. The zero-order valence-corrected chi connectivity index (χ0v) is 12.7. The van der Waals surface area contributed by atoms with E-state index in [1.165, 1.54) is 0 Å². The van der Waals surface area contributed by atoms with Crippen molar-refractivity contribution in [1.82, 2.24) is 5.48 Å². The van der Waals surface area contributed by atoms with Crippen molar-refractivity contribution in [3.8, 4) is 5.75 Å². The van der Waals surface area contributed by atoms with Gasteiger partial charge in [-0.05, 0) is 24.6 Å². The molecule has 0 saturated carbocycles. The molecule has 0 aliphatic heterocycles. The van der Waals surface area contributed by atoms with Crippen molar-refractivity contribution in [2.75, 3.05) is 13.2 Å². The second-order valence-corrected chi connectivity index (χ2v) is 5.05. The summed E-state index contributed by atoms with van der Waals surface area (Å²) in [5.74, 6) is 0.697. The summed E-state index contributed by atoms with van der Waals surface area (Å²) in [5, 5.41) is 0. The molecule has 0 radical (unpaired) electrons. The van der Waals surface area contributed by atoms with Gasteiger partial charge in [0, 0.05) is 10.9 Å². The lowest BCUT2D eigenvalue weighted by atomic mass is 10.2. The summed E-state index contributed by atoms with van der Waals surface area (Å²) in [6, 6.07) is 7.58. The summed E-state index contributed by atoms with van der Waals surface area (Å²) >= 11 is 3.37. The van der Waals surface area contributed by atoms with Crippen LogP contribution in [0.1, 0.15) is 32.6 Å². The van der Waals surface area contributed by atoms with Crippen molar-refractivity contribution in [2.24, 2.45) is 0 Å². The molecule has 0 unspecified atom stereocenters. The Bertz CT molecular complexity index is 385. The van der Waals surface area contributed by atoms with Gasteiger partial charge in [-0.1, -0.05) is 41.8 Å². The maximum absolute atomic E-state index is 11.3. The molecule has 1 amide bonds. The zero-order valence-electron chi connectivity index (χ0n) is 11.2. The number of unbranched alkanes of at least 4 members (excludes halogenated alkanes) is 2. The topological polar surface area (TPSA) is 47.6 Å². The fraction of sp³-hybridized carbons (Fsp3) is 0.500. The van der Waals surface area contributed by atoms with Crippen molar-refractivity contribution in [3.05, 3.63) is 28.7 Å². The molecule has 4 nitrogen and oxygen atoms in total. The van der Waals surface area contributed by atoms with Crippen molar-refractivity contribution in [3.63, 3.8) is 0 Å². The van der Waals surface area contributed by atoms with Crippen molar-refractivity contribution in [2.45, 2.75) is 32.6 Å². The molecule has 0 aliphatic carbocycles. The first-order chi connectivity index (χ1) is 9.22. The fourth-order valence-electron chi connectivity index (χ4n) is 1.48. The Morgan fingerprint density at radius 3 is 2.89 bits per heavy atom. The molecule has 0 aromatic heterocycles. The summed E-state index contributed by atoms with van der Waals surface area (Å²) in [6.07, 6.45) is 3.59. The van der Waals surface area contributed by atoms with E-state index < -0.39 is 0 Å². The largest absolute Gasteiger partial charge is 0.491 e. The highest BCUT2D eigenvalue weighted by molar-refractivity contribution is 9.10. The van der Waals surface area contributed by atoms with Crippen LogP contribution in [0.3, 0.4) is 0 Å². The van der Waals surface area contributed by atoms with Crippen LogP contribution in [0.25, 0.3) is 0 Å². The van der Waals surface area contributed by atoms with E-state index in [0.717, 1.165) is 29.5 Å². The van der Waals surface area contributed by atoms with E-state index in [4.69, 9.17) is 9.57 Å². The molecule has 0 heterocycles. The molecule has 0 aliphatic rings. The van der Waals surface area contributed by atoms with E-state index in [1.807, 2.05) is 24.3 Å². The number of benzene rings is 1. The number of amides is 1. The highest BCUT2D eigenvalue weighted by Gasteiger charge is 2.00. The standard InChI is InChI=1S/C14H20BrNO3/c1-2-3-4-8-14(17)16-19-10-9-18-13-7-5-6-12(15)11-13/h5-7,11H,2-4,8-10H2,1H3,(H,16,17). The third kappa shape index (κ3) is 7.85. The highest BCUT2D eigenvalue weighted by atomic mass is 79.9. The molecule has 5 heteroatoms. The van der Waals surface area contributed by atoms with Gasteiger partial charge in [-0.2, -0.15) is 0 Å². The minimum atomic E-state index is -0.0732. The van der Waals surface area contributed by atoms with E-state index in [-0.39, 0.29) is 5.91 Å². The highest BCUT2D eigenvalue weighted by Crippen LogP contribution is 2.17. The summed E-state index contributed by atoms with van der Waals surface area (Å²) in [6.45, 7) is 2.82. The first-order valence-corrected chi connectivity index (χ1v) is 7.30. The summed E-state index contributed by atoms with van der Waals surface area (Å²) < 4.78 is 6.43. The lowest BCUT2D eigenvalue weighted by molar-refractivity contribution is -0.134. The monoisotopic (exact) mass is 329 g/mol. The minimum Gasteiger partial charge on any atom is -0.491 e. The van der Waals surface area contributed by atoms with E-state index in [1.54, 1.807) is 0 Å². The molecular formula is C14H20BrNO3. The predicted molar refractivity (Wildman–Crippen MR) is 77.9 cm³/mol. The van der Waals surface area contributed by atoms with Crippen LogP contribution in [0.5, 0.6) is 5.75 Å². The summed E-state index contributed by atoms with van der Waals surface area (Å²) in [5.41, 5.74) is 2.41. The molecule has 1 N–H and O–H groups in total. The number of carbonyl (C=O) groups excluding carboxylic acids is 1. The number of nitrogens with one attached hydrogen (secondary N) is 1. The average molecular weight is 330 g/mol. The van der Waals surface area contributed by atoms with Gasteiger partial charge in [0.2, 0.25) is 5.91 Å². The number of hydrogen-bond acceptors (Lipinski definition) is 3. The molecule has 0 saturated heterocycles. The fourth-order valence-corrected chi connectivity index (χ4v) is 1.85. The Balaban J connectivity index is 2.03. The Labute approximate surface area is 122 Å². The van der Waals surface area contributed by atoms with E-state index in [0.29, 0.717) is 19.6 Å². The minimum absolute atomic E-state index is 0.0732. The van der Waals surface area contributed by atoms with Crippen LogP contribution in [0.4, 0.5) is 0 Å². The zero-order chi connectivity index (χ0) is 13.9. The molecule has 0 spiro atoms. The van der Waals surface area contributed by atoms with Gasteiger partial charge in [-0.3, -0.25) is 9.63 Å². The first kappa shape index (κ1) is 16.0. The van der Waals surface area contributed by atoms with Gasteiger partial charge >= 0.3 is 0 Å². The Hall–Kier alpha value is -1.07. The third-order valence-electron chi connectivity index (χ3n) is 2.44. The lowest BCUT2D eigenvalue weighted by Crippen LogP contribution is -2.25. The lowest BCUT2D eigenvalue weighted by Gasteiger charge is -2.08. The van der Waals surface area contributed by atoms with E-state index in [2.05, 4.69) is 28.3 Å². The Kier molecular flexibility index (Phi) is 8.25. The van der Waals surface area contributed by atoms with Gasteiger partial charge in [0.1, 0.15) is 19.0 Å². The van der Waals surface area contributed by atoms with Crippen molar-refractivity contribution >= 4 is 21.8 Å². The first-order valence-electron chi connectivity index (χ1n) is 6.51. The van der Waals surface area contributed by atoms with Crippen LogP contribution in [0.2, 0.25) is 0 Å². The summed E-state index contributed by atoms with van der Waals surface area (Å²) in [4.78, 5) is 16.4. The molecule has 19 heavy (non-hydrogen) atoms. The van der Waals surface area contributed by atoms with E-state index >= 15 is 0 Å². The van der Waals surface area contributed by atoms with Crippen LogP contribution in [-0.4, -0.2) is 19.1 Å². The number of rotatable bonds is 9. The number of halogens is 1. The predicted octanol–water partition coefficient (Wildman–Crippen LogP) is 3.46. The smallest absolute Gasteiger partial charge is 0.243 e. The van der Waals surface area contributed by atoms with Gasteiger partial charge in [-0.25, -0.2) is 5.48 Å². The number of ether oxygens (including phenoxy) is 1. The van der Waals surface area contributed by atoms with Crippen molar-refractivity contribution in [1.29, 1.82) is 0 Å². The molecule has 0 atom stereocenters. The second kappa shape index (κ2) is 9.81. The normalized spacial score (nSPS) is 10.2. The molecule has 106 valence electrons. The van der Waals surface area contributed by atoms with Crippen LogP contribution in [-0.2, 0) is 9.63 Å². The molecule has 1 aromatic rings. The van der Waals surface area contributed by atoms with Crippen LogP contribution in [0.15, 0.2) is 28.7 Å². The van der Waals surface area contributed by atoms with E-state index in [9.17, 15) is 4.79 Å². The SMILES string of the molecule is CCCCCC(=O)NOCCOc1cccc(Br)c1. The van der Waals surface area contributed by atoms with Crippen LogP contribution >= 0.6 is 15.9 Å². The number of hydrogen-bond donors (Lipinski definition) is 1. The maximum atomic E-state index is 11.3. The molecule has 0 fully saturated rings. The molecular weight excluding hydrogens is 310 g/mol.